The van der Waals surface area contributed by atoms with Crippen molar-refractivity contribution in [1.82, 2.24) is 24.9 Å². The summed E-state index contributed by atoms with van der Waals surface area (Å²) < 4.78 is 0. The molecule has 6 heterocycles. The zero-order chi connectivity index (χ0) is 15.4. The second-order valence-corrected chi connectivity index (χ2v) is 6.25. The van der Waals surface area contributed by atoms with Crippen LogP contribution in [-0.4, -0.2) is 50.1 Å². The van der Waals surface area contributed by atoms with Crippen LogP contribution >= 0.6 is 0 Å². The highest BCUT2D eigenvalue weighted by molar-refractivity contribution is 5.88. The molecule has 0 amide bonds. The number of hydrogen-bond donors (Lipinski definition) is 1. The van der Waals surface area contributed by atoms with Gasteiger partial charge in [0.2, 0.25) is 0 Å². The molecule has 0 aromatic carbocycles. The zero-order valence-electron chi connectivity index (χ0n) is 12.8. The average molecular weight is 307 g/mol. The molecule has 6 rings (SSSR count). The normalized spacial score (nSPS) is 23.2. The molecule has 3 aromatic rings. The van der Waals surface area contributed by atoms with Gasteiger partial charge in [-0.15, -0.1) is 0 Å². The Morgan fingerprint density at radius 1 is 1.13 bits per heavy atom. The minimum Gasteiger partial charge on any atom is -0.352 e. The molecule has 3 saturated heterocycles. The summed E-state index contributed by atoms with van der Waals surface area (Å²) in [6.07, 6.45) is 6.63. The molecule has 0 aliphatic carbocycles. The van der Waals surface area contributed by atoms with Crippen molar-refractivity contribution in [2.75, 3.05) is 22.9 Å². The van der Waals surface area contributed by atoms with Crippen LogP contribution in [0.1, 0.15) is 12.2 Å². The molecule has 7 heteroatoms. The van der Waals surface area contributed by atoms with Crippen molar-refractivity contribution in [2.45, 2.75) is 25.4 Å². The van der Waals surface area contributed by atoms with Crippen molar-refractivity contribution in [3.63, 3.8) is 0 Å². The fraction of sp³-hybridized carbons (Fsp3) is 0.375. The van der Waals surface area contributed by atoms with Gasteiger partial charge in [-0.3, -0.25) is 0 Å². The number of rotatable bonds is 2. The molecular weight excluding hydrogens is 290 g/mol. The number of fused-ring (bicyclic) bond motifs is 3. The molecule has 2 atom stereocenters. The molecule has 116 valence electrons. The lowest BCUT2D eigenvalue weighted by atomic mass is 9.87. The Balaban J connectivity index is 1.44. The fourth-order valence-electron chi connectivity index (χ4n) is 3.83. The Hall–Kier alpha value is -2.70. The van der Waals surface area contributed by atoms with Crippen LogP contribution in [0.25, 0.3) is 11.0 Å². The maximum Gasteiger partial charge on any atom is 0.142 e. The minimum absolute atomic E-state index is 0.483. The van der Waals surface area contributed by atoms with Crippen molar-refractivity contribution in [2.24, 2.45) is 0 Å². The lowest BCUT2D eigenvalue weighted by Crippen LogP contribution is -2.69. The van der Waals surface area contributed by atoms with Crippen LogP contribution in [0.15, 0.2) is 30.9 Å². The van der Waals surface area contributed by atoms with E-state index < -0.39 is 0 Å². The standard InChI is InChI=1S/C16H17N7/c1-10-17-5-3-14(21-10)22-7-11-6-12(8-22)23(11)16-13-2-4-18-15(13)19-9-20-16/h2-5,9,11-12H,6-8H2,1H3,(H,18,19,20). The first-order chi connectivity index (χ1) is 11.3. The Kier molecular flexibility index (Phi) is 2.59. The van der Waals surface area contributed by atoms with E-state index in [-0.39, 0.29) is 0 Å². The Morgan fingerprint density at radius 2 is 2.00 bits per heavy atom. The maximum atomic E-state index is 4.56. The average Bonchev–Trinajstić information content (AvgIpc) is 3.04. The number of aromatic amines is 1. The van der Waals surface area contributed by atoms with E-state index in [1.54, 1.807) is 6.33 Å². The summed E-state index contributed by atoms with van der Waals surface area (Å²) in [5, 5.41) is 1.11. The van der Waals surface area contributed by atoms with Gasteiger partial charge in [-0.1, -0.05) is 0 Å². The van der Waals surface area contributed by atoms with E-state index in [1.165, 1.54) is 6.42 Å². The molecule has 0 spiro atoms. The molecule has 0 saturated carbocycles. The number of piperidine rings is 1. The van der Waals surface area contributed by atoms with E-state index in [2.05, 4.69) is 40.8 Å². The number of anilines is 2. The van der Waals surface area contributed by atoms with Crippen molar-refractivity contribution < 1.29 is 0 Å². The quantitative estimate of drug-likeness (QED) is 0.774. The number of piperazine rings is 1. The SMILES string of the molecule is Cc1nccc(N2CC3CC(C2)N3c2ncnc3[nH]ccc23)n1. The first-order valence-corrected chi connectivity index (χ1v) is 7.90. The third kappa shape index (κ3) is 1.89. The van der Waals surface area contributed by atoms with Crippen LogP contribution < -0.4 is 9.80 Å². The van der Waals surface area contributed by atoms with Crippen LogP contribution in [0.5, 0.6) is 0 Å². The Morgan fingerprint density at radius 3 is 2.83 bits per heavy atom. The maximum absolute atomic E-state index is 4.56. The summed E-state index contributed by atoms with van der Waals surface area (Å²) in [7, 11) is 0. The third-order valence-corrected chi connectivity index (χ3v) is 4.86. The molecule has 2 bridgehead atoms. The number of aryl methyl sites for hydroxylation is 1. The Bertz CT molecular complexity index is 862. The van der Waals surface area contributed by atoms with Crippen LogP contribution in [-0.2, 0) is 0 Å². The summed E-state index contributed by atoms with van der Waals surface area (Å²) in [5.74, 6) is 2.90. The van der Waals surface area contributed by atoms with Gasteiger partial charge in [0.05, 0.1) is 17.5 Å². The van der Waals surface area contributed by atoms with Gasteiger partial charge in [-0.25, -0.2) is 19.9 Å². The van der Waals surface area contributed by atoms with E-state index in [4.69, 9.17) is 0 Å². The zero-order valence-corrected chi connectivity index (χ0v) is 12.8. The number of hydrogen-bond acceptors (Lipinski definition) is 6. The number of aromatic nitrogens is 5. The van der Waals surface area contributed by atoms with Gasteiger partial charge in [0.25, 0.3) is 0 Å². The lowest BCUT2D eigenvalue weighted by Gasteiger charge is -2.57. The molecule has 1 N–H and O–H groups in total. The summed E-state index contributed by atoms with van der Waals surface area (Å²) in [6, 6.07) is 5.02. The van der Waals surface area contributed by atoms with Gasteiger partial charge in [0.15, 0.2) is 0 Å². The highest BCUT2D eigenvalue weighted by atomic mass is 15.4. The van der Waals surface area contributed by atoms with Crippen LogP contribution in [0, 0.1) is 6.92 Å². The first-order valence-electron chi connectivity index (χ1n) is 7.90. The van der Waals surface area contributed by atoms with E-state index >= 15 is 0 Å². The van der Waals surface area contributed by atoms with Gasteiger partial charge >= 0.3 is 0 Å². The largest absolute Gasteiger partial charge is 0.352 e. The van der Waals surface area contributed by atoms with Crippen LogP contribution in [0.4, 0.5) is 11.6 Å². The molecule has 0 radical (unpaired) electrons. The van der Waals surface area contributed by atoms with Gasteiger partial charge < -0.3 is 14.8 Å². The van der Waals surface area contributed by atoms with Crippen molar-refractivity contribution in [3.05, 3.63) is 36.7 Å². The molecule has 3 aliphatic rings. The summed E-state index contributed by atoms with van der Waals surface area (Å²) in [4.78, 5) is 25.6. The first kappa shape index (κ1) is 12.8. The van der Waals surface area contributed by atoms with E-state index in [1.807, 2.05) is 25.4 Å². The predicted octanol–water partition coefficient (Wildman–Crippen LogP) is 1.52. The van der Waals surface area contributed by atoms with Crippen molar-refractivity contribution >= 4 is 22.7 Å². The van der Waals surface area contributed by atoms with Crippen LogP contribution in [0.3, 0.4) is 0 Å². The minimum atomic E-state index is 0.483. The van der Waals surface area contributed by atoms with E-state index in [0.29, 0.717) is 12.1 Å². The third-order valence-electron chi connectivity index (χ3n) is 4.86. The molecule has 3 fully saturated rings. The Labute approximate surface area is 133 Å². The second kappa shape index (κ2) is 4.65. The van der Waals surface area contributed by atoms with E-state index in [9.17, 15) is 0 Å². The van der Waals surface area contributed by atoms with Gasteiger partial charge in [0.1, 0.15) is 29.4 Å². The number of nitrogens with one attached hydrogen (secondary N) is 1. The summed E-state index contributed by atoms with van der Waals surface area (Å²) in [5.41, 5.74) is 0.906. The smallest absolute Gasteiger partial charge is 0.142 e. The predicted molar refractivity (Wildman–Crippen MR) is 87.5 cm³/mol. The lowest BCUT2D eigenvalue weighted by molar-refractivity contribution is 0.288. The second-order valence-electron chi connectivity index (χ2n) is 6.25. The number of nitrogens with zero attached hydrogens (tertiary/aromatic N) is 6. The van der Waals surface area contributed by atoms with Gasteiger partial charge in [-0.05, 0) is 25.5 Å². The monoisotopic (exact) mass is 307 g/mol. The summed E-state index contributed by atoms with van der Waals surface area (Å²) in [6.45, 7) is 3.88. The molecule has 3 aliphatic heterocycles. The van der Waals surface area contributed by atoms with E-state index in [0.717, 1.165) is 41.6 Å². The highest BCUT2D eigenvalue weighted by Crippen LogP contribution is 2.39. The molecule has 7 nitrogen and oxygen atoms in total. The topological polar surface area (TPSA) is 73.8 Å². The molecule has 23 heavy (non-hydrogen) atoms. The van der Waals surface area contributed by atoms with Crippen molar-refractivity contribution in [1.29, 1.82) is 0 Å². The summed E-state index contributed by atoms with van der Waals surface area (Å²) >= 11 is 0. The molecular formula is C16H17N7. The number of H-pyrrole nitrogens is 1. The van der Waals surface area contributed by atoms with Crippen LogP contribution in [0.2, 0.25) is 0 Å². The molecule has 2 unspecified atom stereocenters. The molecule has 3 aromatic heterocycles. The fourth-order valence-corrected chi connectivity index (χ4v) is 3.83. The van der Waals surface area contributed by atoms with Crippen molar-refractivity contribution in [3.8, 4) is 0 Å². The van der Waals surface area contributed by atoms with Gasteiger partial charge in [0, 0.05) is 25.5 Å². The highest BCUT2D eigenvalue weighted by Gasteiger charge is 2.46. The van der Waals surface area contributed by atoms with Gasteiger partial charge in [-0.2, -0.15) is 0 Å².